The summed E-state index contributed by atoms with van der Waals surface area (Å²) in [6, 6.07) is 2.56. The maximum Gasteiger partial charge on any atom is 0.338 e. The molecule has 0 saturated carbocycles. The van der Waals surface area contributed by atoms with Crippen LogP contribution in [0.3, 0.4) is 0 Å². The van der Waals surface area contributed by atoms with Crippen molar-refractivity contribution in [2.45, 2.75) is 32.0 Å². The van der Waals surface area contributed by atoms with Crippen LogP contribution in [0.5, 0.6) is 0 Å². The molecule has 218 valence electrons. The van der Waals surface area contributed by atoms with E-state index in [1.165, 1.54) is 23.5 Å². The van der Waals surface area contributed by atoms with Crippen molar-refractivity contribution in [1.82, 2.24) is 25.0 Å². The van der Waals surface area contributed by atoms with Gasteiger partial charge < -0.3 is 24.6 Å². The zero-order valence-corrected chi connectivity index (χ0v) is 25.2. The maximum absolute atomic E-state index is 14.6. The van der Waals surface area contributed by atoms with E-state index < -0.39 is 23.9 Å². The summed E-state index contributed by atoms with van der Waals surface area (Å²) < 4.78 is 25.6. The van der Waals surface area contributed by atoms with Gasteiger partial charge in [-0.15, -0.1) is 11.3 Å². The molecule has 0 bridgehead atoms. The smallest absolute Gasteiger partial charge is 0.338 e. The van der Waals surface area contributed by atoms with Crippen molar-refractivity contribution in [1.29, 1.82) is 0 Å². The Kier molecular flexibility index (Phi) is 8.88. The number of likely N-dealkylation sites (N-methyl/N-ethyl adjacent to an activating group) is 1. The van der Waals surface area contributed by atoms with Gasteiger partial charge in [-0.05, 0) is 32.1 Å². The number of esters is 2. The minimum absolute atomic E-state index is 0.123. The van der Waals surface area contributed by atoms with Crippen molar-refractivity contribution < 1.29 is 23.5 Å². The number of nitrogens with zero attached hydrogens (tertiary/aromatic N) is 5. The molecule has 4 heterocycles. The number of nitrogens with one attached hydrogen (secondary N) is 1. The molecule has 14 heteroatoms. The number of carbonyl (C=O) groups is 2. The lowest BCUT2D eigenvalue weighted by molar-refractivity contribution is -0.153. The Bertz CT molecular complexity index is 1400. The molecule has 5 rings (SSSR count). The highest BCUT2D eigenvalue weighted by molar-refractivity contribution is 7.80. The maximum atomic E-state index is 14.6. The highest BCUT2D eigenvalue weighted by Crippen LogP contribution is 2.38. The van der Waals surface area contributed by atoms with Crippen molar-refractivity contribution in [2.75, 3.05) is 46.4 Å². The highest BCUT2D eigenvalue weighted by Gasteiger charge is 2.48. The Hall–Kier alpha value is -3.13. The van der Waals surface area contributed by atoms with Gasteiger partial charge in [0.15, 0.2) is 16.0 Å². The number of ether oxygens (including phenoxy) is 2. The van der Waals surface area contributed by atoms with Gasteiger partial charge in [-0.1, -0.05) is 23.7 Å². The van der Waals surface area contributed by atoms with Crippen LogP contribution >= 0.6 is 35.2 Å². The van der Waals surface area contributed by atoms with E-state index in [0.29, 0.717) is 46.9 Å². The lowest BCUT2D eigenvalue weighted by Gasteiger charge is -2.43. The van der Waals surface area contributed by atoms with Crippen molar-refractivity contribution in [2.24, 2.45) is 4.99 Å². The number of piperazine rings is 1. The molecule has 3 aliphatic heterocycles. The van der Waals surface area contributed by atoms with Crippen molar-refractivity contribution >= 4 is 58.0 Å². The molecule has 0 radical (unpaired) electrons. The minimum Gasteiger partial charge on any atom is -0.465 e. The van der Waals surface area contributed by atoms with Crippen LogP contribution in [0.1, 0.15) is 30.5 Å². The third-order valence-corrected chi connectivity index (χ3v) is 8.97. The molecule has 0 spiro atoms. The molecule has 1 aromatic heterocycles. The number of halogens is 2. The summed E-state index contributed by atoms with van der Waals surface area (Å²) >= 11 is 13.4. The first kappa shape index (κ1) is 29.4. The quantitative estimate of drug-likeness (QED) is 0.350. The Morgan fingerprint density at radius 2 is 2.02 bits per heavy atom. The first-order valence-corrected chi connectivity index (χ1v) is 14.9. The van der Waals surface area contributed by atoms with Crippen molar-refractivity contribution in [3.63, 3.8) is 0 Å². The summed E-state index contributed by atoms with van der Waals surface area (Å²) in [6.45, 7) is 5.61. The van der Waals surface area contributed by atoms with Crippen molar-refractivity contribution in [3.05, 3.63) is 62.5 Å². The van der Waals surface area contributed by atoms with Gasteiger partial charge in [-0.25, -0.2) is 14.2 Å². The second-order valence-corrected chi connectivity index (χ2v) is 11.3. The molecule has 2 fully saturated rings. The Morgan fingerprint density at radius 3 is 2.73 bits per heavy atom. The van der Waals surface area contributed by atoms with Gasteiger partial charge in [0.1, 0.15) is 17.9 Å². The van der Waals surface area contributed by atoms with E-state index in [0.717, 1.165) is 0 Å². The Balaban J connectivity index is 1.61. The summed E-state index contributed by atoms with van der Waals surface area (Å²) in [7, 11) is 1.90. The minimum atomic E-state index is -0.972. The van der Waals surface area contributed by atoms with E-state index in [9.17, 15) is 14.0 Å². The highest BCUT2D eigenvalue weighted by atomic mass is 35.5. The molecule has 3 atom stereocenters. The van der Waals surface area contributed by atoms with Gasteiger partial charge in [0.2, 0.25) is 0 Å². The van der Waals surface area contributed by atoms with E-state index in [2.05, 4.69) is 15.2 Å². The molecule has 2 saturated heterocycles. The molecule has 0 aliphatic carbocycles. The van der Waals surface area contributed by atoms with Crippen LogP contribution < -0.4 is 5.32 Å². The van der Waals surface area contributed by atoms with E-state index in [-0.39, 0.29) is 42.4 Å². The molecular weight excluding hydrogens is 591 g/mol. The normalized spacial score (nSPS) is 22.8. The zero-order valence-electron chi connectivity index (χ0n) is 22.8. The number of carbonyl (C=O) groups excluding carboxylic acids is 2. The van der Waals surface area contributed by atoms with Crippen LogP contribution in [0.2, 0.25) is 5.02 Å². The van der Waals surface area contributed by atoms with Crippen LogP contribution in [0.15, 0.2) is 46.0 Å². The topological polar surface area (TPSA) is 99.6 Å². The monoisotopic (exact) mass is 620 g/mol. The van der Waals surface area contributed by atoms with E-state index in [4.69, 9.17) is 38.3 Å². The fourth-order valence-corrected chi connectivity index (χ4v) is 6.58. The van der Waals surface area contributed by atoms with Crippen molar-refractivity contribution in [3.8, 4) is 0 Å². The predicted molar refractivity (Wildman–Crippen MR) is 157 cm³/mol. The lowest BCUT2D eigenvalue weighted by Crippen LogP contribution is -2.62. The van der Waals surface area contributed by atoms with Crippen LogP contribution in [-0.2, 0) is 19.1 Å². The second kappa shape index (κ2) is 12.4. The zero-order chi connectivity index (χ0) is 29.3. The number of benzene rings is 1. The number of aliphatic imine (C=N–C) groups is 1. The summed E-state index contributed by atoms with van der Waals surface area (Å²) in [5.41, 5.74) is 0.965. The average molecular weight is 621 g/mol. The van der Waals surface area contributed by atoms with Gasteiger partial charge >= 0.3 is 11.9 Å². The first-order valence-electron chi connectivity index (χ1n) is 13.3. The SMILES string of the molecule is CCOC(=O)C1=C(CN2CCN3C(=S)N(C)C[C@@H]3[C@H]2C(=O)OCC)NC(c2nccs2)=N[C@H]1c1cccc(F)c1Cl. The van der Waals surface area contributed by atoms with E-state index in [1.807, 2.05) is 22.2 Å². The van der Waals surface area contributed by atoms with E-state index >= 15 is 0 Å². The summed E-state index contributed by atoms with van der Waals surface area (Å²) in [5, 5.41) is 6.23. The number of aromatic nitrogens is 1. The fourth-order valence-electron chi connectivity index (χ4n) is 5.46. The Morgan fingerprint density at radius 1 is 1.24 bits per heavy atom. The largest absolute Gasteiger partial charge is 0.465 e. The summed E-state index contributed by atoms with van der Waals surface area (Å²) in [4.78, 5) is 42.1. The van der Waals surface area contributed by atoms with Crippen LogP contribution in [0, 0.1) is 5.82 Å². The molecule has 1 N–H and O–H groups in total. The number of amidine groups is 1. The Labute approximate surface area is 251 Å². The molecule has 0 unspecified atom stereocenters. The number of thiazole rings is 1. The third kappa shape index (κ3) is 5.68. The molecule has 2 aromatic rings. The number of hydrogen-bond donors (Lipinski definition) is 1. The van der Waals surface area contributed by atoms with Gasteiger partial charge in [-0.3, -0.25) is 14.7 Å². The summed E-state index contributed by atoms with van der Waals surface area (Å²) in [5.74, 6) is -1.21. The molecule has 10 nitrogen and oxygen atoms in total. The van der Waals surface area contributed by atoms with Gasteiger partial charge in [0.05, 0.1) is 29.9 Å². The van der Waals surface area contributed by atoms with Crippen LogP contribution in [0.4, 0.5) is 4.39 Å². The fraction of sp³-hybridized carbons (Fsp3) is 0.444. The second-order valence-electron chi connectivity index (χ2n) is 9.69. The molecule has 1 aromatic carbocycles. The number of rotatable bonds is 8. The van der Waals surface area contributed by atoms with E-state index in [1.54, 1.807) is 26.1 Å². The average Bonchev–Trinajstić information content (AvgIpc) is 3.58. The number of hydrogen-bond acceptors (Lipinski definition) is 10. The number of thiocarbonyl (C=S) groups is 1. The van der Waals surface area contributed by atoms with Gasteiger partial charge in [-0.2, -0.15) is 0 Å². The third-order valence-electron chi connectivity index (χ3n) is 7.24. The summed E-state index contributed by atoms with van der Waals surface area (Å²) in [6.07, 6.45) is 1.65. The van der Waals surface area contributed by atoms with Crippen LogP contribution in [-0.4, -0.2) is 101 Å². The standard InChI is InChI=1S/C27H30ClFN6O4S2/c1-4-38-25(36)19-17(13-34-10-11-35-18(14-33(3)27(35)40)22(34)26(37)39-5-2)31-23(24-30-9-12-41-24)32-21(19)15-7-6-8-16(29)20(15)28/h6-9,12,18,21-22H,4-5,10-11,13-14H2,1-3H3,(H,31,32)/t18-,21+,22+/m1/s1. The van der Waals surface area contributed by atoms with Crippen LogP contribution in [0.25, 0.3) is 0 Å². The molecular formula is C27H30ClFN6O4S2. The molecule has 41 heavy (non-hydrogen) atoms. The predicted octanol–water partition coefficient (Wildman–Crippen LogP) is 2.99. The first-order chi connectivity index (χ1) is 19.7. The lowest BCUT2D eigenvalue weighted by atomic mass is 9.94. The van der Waals surface area contributed by atoms with Gasteiger partial charge in [0, 0.05) is 56.1 Å². The van der Waals surface area contributed by atoms with Gasteiger partial charge in [0.25, 0.3) is 0 Å². The molecule has 0 amide bonds. The molecule has 3 aliphatic rings. The number of fused-ring (bicyclic) bond motifs is 1.